The fourth-order valence-electron chi connectivity index (χ4n) is 4.46. The second-order valence-corrected chi connectivity index (χ2v) is 10.5. The lowest BCUT2D eigenvalue weighted by Gasteiger charge is -2.24. The molecule has 184 valence electrons. The molecule has 2 aromatic heterocycles. The average molecular weight is 581 g/mol. The van der Waals surface area contributed by atoms with Crippen LogP contribution in [0.1, 0.15) is 27.7 Å². The van der Waals surface area contributed by atoms with E-state index in [1.165, 1.54) is 4.90 Å². The Kier molecular flexibility index (Phi) is 5.46. The van der Waals surface area contributed by atoms with Gasteiger partial charge in [0.25, 0.3) is 5.91 Å². The Morgan fingerprint density at radius 3 is 2.68 bits per heavy atom. The van der Waals surface area contributed by atoms with E-state index in [2.05, 4.69) is 20.9 Å². The minimum absolute atomic E-state index is 0.0459. The van der Waals surface area contributed by atoms with Gasteiger partial charge in [-0.15, -0.1) is 0 Å². The largest absolute Gasteiger partial charge is 0.503 e. The van der Waals surface area contributed by atoms with Crippen LogP contribution in [0.2, 0.25) is 0 Å². The molecule has 0 radical (unpaired) electrons. The number of ketones is 1. The third-order valence-electron chi connectivity index (χ3n) is 6.14. The summed E-state index contributed by atoms with van der Waals surface area (Å²) < 4.78 is 34.5. The summed E-state index contributed by atoms with van der Waals surface area (Å²) in [7, 11) is 0. The van der Waals surface area contributed by atoms with Gasteiger partial charge in [-0.05, 0) is 42.8 Å². The van der Waals surface area contributed by atoms with Crippen LogP contribution in [-0.2, 0) is 4.79 Å². The van der Waals surface area contributed by atoms with Crippen molar-refractivity contribution in [3.8, 4) is 0 Å². The van der Waals surface area contributed by atoms with Crippen LogP contribution in [0.3, 0.4) is 0 Å². The molecule has 0 bridgehead atoms. The lowest BCUT2D eigenvalue weighted by Crippen LogP contribution is -2.31. The summed E-state index contributed by atoms with van der Waals surface area (Å²) in [5.74, 6) is -4.41. The van der Waals surface area contributed by atoms with E-state index in [1.807, 2.05) is 13.0 Å². The predicted molar refractivity (Wildman–Crippen MR) is 139 cm³/mol. The van der Waals surface area contributed by atoms with E-state index in [9.17, 15) is 23.5 Å². The van der Waals surface area contributed by atoms with Gasteiger partial charge in [0.2, 0.25) is 5.78 Å². The average Bonchev–Trinajstić information content (AvgIpc) is 3.53. The Balaban J connectivity index is 1.52. The van der Waals surface area contributed by atoms with Crippen LogP contribution >= 0.6 is 27.3 Å². The molecule has 1 amide bonds. The fourth-order valence-corrected chi connectivity index (χ4v) is 5.84. The summed E-state index contributed by atoms with van der Waals surface area (Å²) >= 11 is 4.34. The number of rotatable bonds is 4. The third kappa shape index (κ3) is 3.84. The molecule has 6 nitrogen and oxygen atoms in total. The van der Waals surface area contributed by atoms with Crippen LogP contribution in [-0.4, -0.2) is 21.8 Å². The van der Waals surface area contributed by atoms with Crippen LogP contribution < -0.4 is 4.90 Å². The van der Waals surface area contributed by atoms with Crippen molar-refractivity contribution in [1.82, 2.24) is 4.98 Å². The highest BCUT2D eigenvalue weighted by Crippen LogP contribution is 2.44. The van der Waals surface area contributed by atoms with E-state index >= 15 is 0 Å². The molecule has 1 atom stereocenters. The zero-order valence-electron chi connectivity index (χ0n) is 19.0. The van der Waals surface area contributed by atoms with Gasteiger partial charge in [0.1, 0.15) is 5.58 Å². The summed E-state index contributed by atoms with van der Waals surface area (Å²) in [5.41, 5.74) is 1.86. The first-order valence-electron chi connectivity index (χ1n) is 11.0. The number of amides is 1. The van der Waals surface area contributed by atoms with Crippen molar-refractivity contribution >= 4 is 65.3 Å². The molecule has 0 spiro atoms. The van der Waals surface area contributed by atoms with Crippen molar-refractivity contribution in [1.29, 1.82) is 0 Å². The van der Waals surface area contributed by atoms with Crippen LogP contribution in [0.4, 0.5) is 13.9 Å². The van der Waals surface area contributed by atoms with Crippen molar-refractivity contribution in [3.63, 3.8) is 0 Å². The van der Waals surface area contributed by atoms with Crippen molar-refractivity contribution in [3.05, 3.63) is 105 Å². The van der Waals surface area contributed by atoms with E-state index in [0.717, 1.165) is 33.5 Å². The zero-order valence-corrected chi connectivity index (χ0v) is 21.4. The van der Waals surface area contributed by atoms with E-state index < -0.39 is 35.1 Å². The van der Waals surface area contributed by atoms with Crippen LogP contribution in [0.5, 0.6) is 0 Å². The van der Waals surface area contributed by atoms with Gasteiger partial charge in [-0.25, -0.2) is 13.8 Å². The van der Waals surface area contributed by atoms with Crippen molar-refractivity contribution in [2.24, 2.45) is 0 Å². The lowest BCUT2D eigenvalue weighted by molar-refractivity contribution is -0.117. The molecule has 1 aliphatic heterocycles. The molecule has 6 rings (SSSR count). The number of benzene rings is 3. The van der Waals surface area contributed by atoms with Gasteiger partial charge < -0.3 is 9.52 Å². The van der Waals surface area contributed by atoms with E-state index in [0.29, 0.717) is 21.2 Å². The minimum Gasteiger partial charge on any atom is -0.503 e. The first kappa shape index (κ1) is 23.5. The van der Waals surface area contributed by atoms with E-state index in [1.54, 1.807) is 42.5 Å². The monoisotopic (exact) mass is 580 g/mol. The summed E-state index contributed by atoms with van der Waals surface area (Å²) in [6, 6.07) is 14.8. The van der Waals surface area contributed by atoms with E-state index in [-0.39, 0.29) is 22.0 Å². The fraction of sp³-hybridized carbons (Fsp3) is 0.0741. The molecule has 3 aromatic carbocycles. The molecule has 37 heavy (non-hydrogen) atoms. The molecule has 3 heterocycles. The number of aryl methyl sites for hydroxylation is 1. The molecule has 0 fully saturated rings. The number of aliphatic hydroxyl groups is 1. The Hall–Kier alpha value is -3.89. The first-order chi connectivity index (χ1) is 17.7. The van der Waals surface area contributed by atoms with Gasteiger partial charge in [0, 0.05) is 15.9 Å². The van der Waals surface area contributed by atoms with Gasteiger partial charge in [-0.1, -0.05) is 57.1 Å². The Bertz CT molecular complexity index is 1770. The highest BCUT2D eigenvalue weighted by molar-refractivity contribution is 9.10. The maximum atomic E-state index is 13.8. The normalized spacial score (nSPS) is 15.9. The van der Waals surface area contributed by atoms with E-state index in [4.69, 9.17) is 4.42 Å². The second-order valence-electron chi connectivity index (χ2n) is 8.61. The molecule has 1 N–H and O–H groups in total. The maximum absolute atomic E-state index is 13.8. The Labute approximate surface area is 220 Å². The molecule has 1 unspecified atom stereocenters. The van der Waals surface area contributed by atoms with Gasteiger partial charge in [-0.3, -0.25) is 14.5 Å². The standard InChI is InChI=1S/C27H15BrF2N2O4S/c1-12-3-2-4-13(7-12)23-22(24(33)20-9-14-8-15(28)5-6-19(14)36-20)25(34)26(35)32(23)27-31-18-10-16(29)17(30)11-21(18)37-27/h2-11,23,34H,1H3. The second kappa shape index (κ2) is 8.60. The number of aromatic nitrogens is 1. The number of halogens is 3. The number of hydrogen-bond acceptors (Lipinski definition) is 6. The quantitative estimate of drug-likeness (QED) is 0.228. The number of carbonyl (C=O) groups is 2. The summed E-state index contributed by atoms with van der Waals surface area (Å²) in [6.07, 6.45) is 0. The maximum Gasteiger partial charge on any atom is 0.296 e. The van der Waals surface area contributed by atoms with Crippen LogP contribution in [0, 0.1) is 18.6 Å². The summed E-state index contributed by atoms with van der Waals surface area (Å²) in [4.78, 5) is 32.6. The van der Waals surface area contributed by atoms with Crippen molar-refractivity contribution < 1.29 is 27.9 Å². The number of furan rings is 1. The number of anilines is 1. The third-order valence-corrected chi connectivity index (χ3v) is 7.65. The van der Waals surface area contributed by atoms with Crippen LogP contribution in [0.15, 0.2) is 80.9 Å². The number of fused-ring (bicyclic) bond motifs is 2. The number of hydrogen-bond donors (Lipinski definition) is 1. The predicted octanol–water partition coefficient (Wildman–Crippen LogP) is 7.17. The zero-order chi connectivity index (χ0) is 26.0. The number of nitrogens with zero attached hydrogens (tertiary/aromatic N) is 2. The molecule has 0 saturated carbocycles. The minimum atomic E-state index is -1.07. The molecule has 0 aliphatic carbocycles. The first-order valence-corrected chi connectivity index (χ1v) is 12.6. The highest BCUT2D eigenvalue weighted by atomic mass is 79.9. The molecule has 5 aromatic rings. The van der Waals surface area contributed by atoms with Gasteiger partial charge in [0.15, 0.2) is 28.3 Å². The molecule has 10 heteroatoms. The molecular formula is C27H15BrF2N2O4S. The Morgan fingerprint density at radius 1 is 1.11 bits per heavy atom. The smallest absolute Gasteiger partial charge is 0.296 e. The molecular weight excluding hydrogens is 566 g/mol. The van der Waals surface area contributed by atoms with Gasteiger partial charge in [0.05, 0.1) is 21.8 Å². The van der Waals surface area contributed by atoms with Crippen LogP contribution in [0.25, 0.3) is 21.2 Å². The van der Waals surface area contributed by atoms with Crippen molar-refractivity contribution in [2.45, 2.75) is 13.0 Å². The lowest BCUT2D eigenvalue weighted by atomic mass is 9.94. The number of aliphatic hydroxyl groups excluding tert-OH is 1. The number of thiazole rings is 1. The number of carbonyl (C=O) groups excluding carboxylic acids is 2. The summed E-state index contributed by atoms with van der Waals surface area (Å²) in [5, 5.41) is 11.7. The molecule has 0 saturated heterocycles. The van der Waals surface area contributed by atoms with Gasteiger partial charge in [-0.2, -0.15) is 0 Å². The Morgan fingerprint density at radius 2 is 1.89 bits per heavy atom. The SMILES string of the molecule is Cc1cccc(C2C(C(=O)c3cc4cc(Br)ccc4o3)=C(O)C(=O)N2c2nc3cc(F)c(F)cc3s2)c1. The highest BCUT2D eigenvalue weighted by Gasteiger charge is 2.46. The van der Waals surface area contributed by atoms with Gasteiger partial charge >= 0.3 is 0 Å². The molecule has 1 aliphatic rings. The number of Topliss-reactive ketones (excluding diaryl/α,β-unsaturated/α-hetero) is 1. The summed E-state index contributed by atoms with van der Waals surface area (Å²) in [6.45, 7) is 1.86. The van der Waals surface area contributed by atoms with Crippen molar-refractivity contribution in [2.75, 3.05) is 4.90 Å². The topological polar surface area (TPSA) is 83.6 Å².